The zero-order valence-electron chi connectivity index (χ0n) is 27.3. The molecule has 0 amide bonds. The van der Waals surface area contributed by atoms with Gasteiger partial charge in [-0.15, -0.1) is 0 Å². The molecule has 237 valence electrons. The van der Waals surface area contributed by atoms with Gasteiger partial charge in [0.1, 0.15) is 17.9 Å². The van der Waals surface area contributed by atoms with E-state index in [9.17, 15) is 10.1 Å². The van der Waals surface area contributed by atoms with E-state index in [2.05, 4.69) is 62.1 Å². The molecule has 10 nitrogen and oxygen atoms in total. The summed E-state index contributed by atoms with van der Waals surface area (Å²) in [5.41, 5.74) is 4.24. The van der Waals surface area contributed by atoms with Crippen LogP contribution < -0.4 is 14.9 Å². The smallest absolute Gasteiger partial charge is 0.329 e. The average Bonchev–Trinajstić information content (AvgIpc) is 3.28. The van der Waals surface area contributed by atoms with Crippen LogP contribution in [-0.4, -0.2) is 70.8 Å². The second-order valence-corrected chi connectivity index (χ2v) is 18.2. The predicted octanol–water partition coefficient (Wildman–Crippen LogP) is 6.30. The van der Waals surface area contributed by atoms with Gasteiger partial charge in [0.25, 0.3) is 0 Å². The quantitative estimate of drug-likeness (QED) is 0.128. The number of fused-ring (bicyclic) bond motifs is 1. The predicted molar refractivity (Wildman–Crippen MR) is 182 cm³/mol. The molecule has 1 radical (unpaired) electrons. The van der Waals surface area contributed by atoms with Crippen molar-refractivity contribution in [1.82, 2.24) is 15.0 Å². The Hall–Kier alpha value is -3.50. The van der Waals surface area contributed by atoms with E-state index in [1.54, 1.807) is 38.6 Å². The van der Waals surface area contributed by atoms with Crippen molar-refractivity contribution >= 4 is 50.8 Å². The molecule has 3 heterocycles. The number of aryl methyl sites for hydroxylation is 1. The Labute approximate surface area is 272 Å². The molecule has 0 bridgehead atoms. The second-order valence-electron chi connectivity index (χ2n) is 13.0. The van der Waals surface area contributed by atoms with Crippen LogP contribution in [0.5, 0.6) is 5.88 Å². The maximum Gasteiger partial charge on any atom is 0.329 e. The fourth-order valence-corrected chi connectivity index (χ4v) is 6.43. The van der Waals surface area contributed by atoms with Gasteiger partial charge in [-0.1, -0.05) is 39.3 Å². The first-order chi connectivity index (χ1) is 21.3. The first-order valence-corrected chi connectivity index (χ1v) is 18.2. The Kier molecular flexibility index (Phi) is 10.6. The largest absolute Gasteiger partial charge is 0.480 e. The number of aromatic nitrogens is 3. The van der Waals surface area contributed by atoms with E-state index in [0.717, 1.165) is 35.1 Å². The number of hydrogen-bond acceptors (Lipinski definition) is 10. The summed E-state index contributed by atoms with van der Waals surface area (Å²) >= 11 is 6.55. The molecular weight excluding hydrogens is 607 g/mol. The number of ether oxygens (including phenoxy) is 2. The minimum Gasteiger partial charge on any atom is -0.480 e. The summed E-state index contributed by atoms with van der Waals surface area (Å²) < 4.78 is 17.4. The van der Waals surface area contributed by atoms with Gasteiger partial charge in [0.05, 0.1) is 29.1 Å². The highest BCUT2D eigenvalue weighted by molar-refractivity contribution is 6.74. The summed E-state index contributed by atoms with van der Waals surface area (Å²) in [5, 5.41) is 14.0. The Balaban J connectivity index is 1.71. The van der Waals surface area contributed by atoms with Gasteiger partial charge in [0.2, 0.25) is 11.8 Å². The van der Waals surface area contributed by atoms with Crippen molar-refractivity contribution in [3.63, 3.8) is 0 Å². The lowest BCUT2D eigenvalue weighted by Crippen LogP contribution is -2.46. The van der Waals surface area contributed by atoms with Crippen molar-refractivity contribution in [1.29, 1.82) is 5.26 Å². The van der Waals surface area contributed by atoms with E-state index in [0.29, 0.717) is 60.0 Å². The molecule has 1 aliphatic rings. The van der Waals surface area contributed by atoms with Crippen molar-refractivity contribution in [3.05, 3.63) is 52.3 Å². The number of nitrogens with one attached hydrogen (secondary N) is 1. The third kappa shape index (κ3) is 7.50. The van der Waals surface area contributed by atoms with Gasteiger partial charge in [0.15, 0.2) is 8.32 Å². The first kappa shape index (κ1) is 34.4. The minimum atomic E-state index is -2.07. The molecule has 0 fully saturated rings. The van der Waals surface area contributed by atoms with Crippen molar-refractivity contribution in [2.75, 3.05) is 44.1 Å². The molecular formula is C32H41BClN6O4Si. The normalized spacial score (nSPS) is 16.2. The van der Waals surface area contributed by atoms with Gasteiger partial charge in [-0.25, -0.2) is 15.0 Å². The van der Waals surface area contributed by atoms with E-state index < -0.39 is 13.7 Å². The topological polar surface area (TPSA) is 122 Å². The minimum absolute atomic E-state index is 0.0379. The number of nitriles is 1. The van der Waals surface area contributed by atoms with E-state index in [1.807, 2.05) is 10.9 Å². The molecule has 1 N–H and O–H groups in total. The van der Waals surface area contributed by atoms with Crippen molar-refractivity contribution in [2.45, 2.75) is 64.1 Å². The molecule has 3 aromatic rings. The Morgan fingerprint density at radius 2 is 2.00 bits per heavy atom. The van der Waals surface area contributed by atoms with Crippen LogP contribution >= 0.6 is 11.6 Å². The second kappa shape index (κ2) is 13.9. The molecule has 13 heteroatoms. The summed E-state index contributed by atoms with van der Waals surface area (Å²) in [6, 6.07) is 9.73. The lowest BCUT2D eigenvalue weighted by molar-refractivity contribution is 0.195. The van der Waals surface area contributed by atoms with Crippen LogP contribution in [-0.2, 0) is 25.8 Å². The number of rotatable bonds is 13. The van der Waals surface area contributed by atoms with E-state index in [-0.39, 0.29) is 5.04 Å². The van der Waals surface area contributed by atoms with Gasteiger partial charge in [-0.2, -0.15) is 5.26 Å². The van der Waals surface area contributed by atoms with Crippen LogP contribution in [0.4, 0.5) is 17.3 Å². The zero-order chi connectivity index (χ0) is 33.0. The monoisotopic (exact) mass is 647 g/mol. The molecule has 1 aliphatic heterocycles. The van der Waals surface area contributed by atoms with Crippen LogP contribution in [0.3, 0.4) is 0 Å². The highest BCUT2D eigenvalue weighted by atomic mass is 35.5. The first-order valence-electron chi connectivity index (χ1n) is 14.9. The lowest BCUT2D eigenvalue weighted by Gasteiger charge is -2.39. The number of carbonyl (C=O) groups excluding carboxylic acids is 1. The fourth-order valence-electron chi connectivity index (χ4n) is 5.07. The van der Waals surface area contributed by atoms with Crippen LogP contribution in [0.2, 0.25) is 23.2 Å². The molecule has 1 aromatic carbocycles. The van der Waals surface area contributed by atoms with Crippen LogP contribution in [0.1, 0.15) is 50.9 Å². The van der Waals surface area contributed by atoms with Gasteiger partial charge in [0, 0.05) is 49.7 Å². The highest BCUT2D eigenvalue weighted by Gasteiger charge is 2.44. The lowest BCUT2D eigenvalue weighted by atomic mass is 9.83. The van der Waals surface area contributed by atoms with Gasteiger partial charge >= 0.3 is 7.41 Å². The molecule has 0 saturated heterocycles. The van der Waals surface area contributed by atoms with Crippen molar-refractivity contribution < 1.29 is 18.7 Å². The Bertz CT molecular complexity index is 1600. The molecule has 4 rings (SSSR count). The molecule has 1 unspecified atom stereocenters. The third-order valence-electron chi connectivity index (χ3n) is 8.65. The number of hydrogen-bond donors (Lipinski definition) is 1. The summed E-state index contributed by atoms with van der Waals surface area (Å²) in [7, 11) is 2.62. The number of carbonyl (C=O) groups is 1. The van der Waals surface area contributed by atoms with Gasteiger partial charge in [-0.05, 0) is 60.8 Å². The molecule has 0 aliphatic carbocycles. The van der Waals surface area contributed by atoms with Crippen LogP contribution in [0.15, 0.2) is 30.5 Å². The van der Waals surface area contributed by atoms with E-state index >= 15 is 0 Å². The highest BCUT2D eigenvalue weighted by Crippen LogP contribution is 2.46. The van der Waals surface area contributed by atoms with Crippen LogP contribution in [0.25, 0.3) is 11.3 Å². The average molecular weight is 648 g/mol. The molecule has 2 aromatic heterocycles. The van der Waals surface area contributed by atoms with Crippen molar-refractivity contribution in [2.24, 2.45) is 0 Å². The van der Waals surface area contributed by atoms with E-state index in [4.69, 9.17) is 30.5 Å². The molecule has 0 saturated carbocycles. The summed E-state index contributed by atoms with van der Waals surface area (Å²) in [6.45, 7) is 14.8. The van der Waals surface area contributed by atoms with Crippen LogP contribution in [0, 0.1) is 11.3 Å². The zero-order valence-corrected chi connectivity index (χ0v) is 29.1. The maximum atomic E-state index is 11.6. The molecule has 45 heavy (non-hydrogen) atoms. The summed E-state index contributed by atoms with van der Waals surface area (Å²) in [5.74, 6) is 0.684. The standard InChI is InChI=1S/C32H41BClN6O4Si/c1-31(2,3)45(7,8)44-19-32(4)18-40(33-20-41)28-22(17-35)14-21(15-23(28)32)25-11-12-36-30(38-25)39-27-16-24(34)26(10-9-13-42-5)37-29(27)43-6/h11-12,14-16,20H,9-10,13,18-19H2,1-8H3,(H,36,38,39). The van der Waals surface area contributed by atoms with Gasteiger partial charge in [-0.3, -0.25) is 0 Å². The third-order valence-corrected chi connectivity index (χ3v) is 13.5. The fraction of sp³-hybridized carbons (Fsp3) is 0.469. The number of pyridine rings is 1. The van der Waals surface area contributed by atoms with Crippen molar-refractivity contribution in [3.8, 4) is 23.2 Å². The summed E-state index contributed by atoms with van der Waals surface area (Å²) in [4.78, 5) is 27.2. The Morgan fingerprint density at radius 3 is 2.64 bits per heavy atom. The summed E-state index contributed by atoms with van der Waals surface area (Å²) in [6.07, 6.45) is 3.83. The number of anilines is 3. The number of halogens is 1. The number of methoxy groups -OCH3 is 2. The SMILES string of the molecule is COCCCc1nc(OC)c(Nc2nccc(-c3cc(C#N)c4c(c3)C(C)(CO[Si](C)(C)C(C)(C)C)CN4[B]C=O)n2)cc1Cl. The van der Waals surface area contributed by atoms with E-state index in [1.165, 1.54) is 7.41 Å². The molecule has 0 spiro atoms. The Morgan fingerprint density at radius 1 is 1.24 bits per heavy atom. The maximum absolute atomic E-state index is 11.6. The number of benzene rings is 1. The molecule has 1 atom stereocenters. The van der Waals surface area contributed by atoms with Gasteiger partial charge < -0.3 is 28.8 Å². The number of nitrogens with zero attached hydrogens (tertiary/aromatic N) is 5.